The lowest BCUT2D eigenvalue weighted by Gasteiger charge is -2.44. The highest BCUT2D eigenvalue weighted by Crippen LogP contribution is 2.37. The molecule has 1 unspecified atom stereocenters. The third-order valence-electron chi connectivity index (χ3n) is 7.66. The SMILES string of the molecule is COc1ccc(-c2nc3c(C(=O)N4CCN([C@H](c5ccccc5)C(C)O)C[C@H]4C)cnn3c(C(F)(F)F)c2C)cc1. The van der Waals surface area contributed by atoms with Crippen LogP contribution in [0.15, 0.2) is 60.8 Å². The van der Waals surface area contributed by atoms with E-state index in [0.29, 0.717) is 30.9 Å². The van der Waals surface area contributed by atoms with Crippen LogP contribution >= 0.6 is 0 Å². The lowest BCUT2D eigenvalue weighted by Crippen LogP contribution is -2.55. The van der Waals surface area contributed by atoms with E-state index in [1.807, 2.05) is 37.3 Å². The summed E-state index contributed by atoms with van der Waals surface area (Å²) in [6.45, 7) is 6.28. The van der Waals surface area contributed by atoms with Crippen molar-refractivity contribution in [3.63, 3.8) is 0 Å². The number of fused-ring (bicyclic) bond motifs is 1. The summed E-state index contributed by atoms with van der Waals surface area (Å²) >= 11 is 0. The zero-order valence-corrected chi connectivity index (χ0v) is 23.3. The van der Waals surface area contributed by atoms with Crippen molar-refractivity contribution in [2.24, 2.45) is 0 Å². The third kappa shape index (κ3) is 5.39. The molecule has 2 aromatic carbocycles. The van der Waals surface area contributed by atoms with Gasteiger partial charge in [0, 0.05) is 36.8 Å². The fourth-order valence-electron chi connectivity index (χ4n) is 5.73. The molecule has 1 amide bonds. The number of piperazine rings is 1. The third-order valence-corrected chi connectivity index (χ3v) is 7.66. The standard InChI is InChI=1S/C30H32F3N5O3/c1-18-17-36(26(20(3)39)22-8-6-5-7-9-22)14-15-37(18)29(40)24-16-34-38-27(30(31,32)33)19(2)25(35-28(24)38)21-10-12-23(41-4)13-11-21/h5-13,16,18,20,26,39H,14-15,17H2,1-4H3/t18-,20?,26+/m1/s1. The van der Waals surface area contributed by atoms with Gasteiger partial charge in [-0.1, -0.05) is 30.3 Å². The van der Waals surface area contributed by atoms with Gasteiger partial charge in [0.05, 0.1) is 31.1 Å². The van der Waals surface area contributed by atoms with Crippen LogP contribution in [0, 0.1) is 6.92 Å². The first-order chi connectivity index (χ1) is 19.5. The Bertz CT molecular complexity index is 1540. The maximum atomic E-state index is 14.3. The van der Waals surface area contributed by atoms with Crippen LogP contribution in [0.1, 0.15) is 47.1 Å². The van der Waals surface area contributed by atoms with Gasteiger partial charge in [0.2, 0.25) is 0 Å². The molecule has 2 aromatic heterocycles. The van der Waals surface area contributed by atoms with Crippen molar-refractivity contribution in [2.45, 2.75) is 45.1 Å². The maximum absolute atomic E-state index is 14.3. The number of aliphatic hydroxyl groups excluding tert-OH is 1. The van der Waals surface area contributed by atoms with Gasteiger partial charge in [-0.2, -0.15) is 18.3 Å². The van der Waals surface area contributed by atoms with Crippen molar-refractivity contribution in [3.8, 4) is 17.0 Å². The average Bonchev–Trinajstić information content (AvgIpc) is 3.35. The molecule has 0 bridgehead atoms. The lowest BCUT2D eigenvalue weighted by molar-refractivity contribution is -0.143. The van der Waals surface area contributed by atoms with E-state index in [-0.39, 0.29) is 34.6 Å². The van der Waals surface area contributed by atoms with Crippen LogP contribution in [0.5, 0.6) is 5.75 Å². The molecule has 0 spiro atoms. The lowest BCUT2D eigenvalue weighted by atomic mass is 9.98. The number of hydrogen-bond acceptors (Lipinski definition) is 6. The Balaban J connectivity index is 1.50. The number of methoxy groups -OCH3 is 1. The monoisotopic (exact) mass is 567 g/mol. The zero-order valence-electron chi connectivity index (χ0n) is 23.3. The number of alkyl halides is 3. The molecule has 1 aliphatic heterocycles. The van der Waals surface area contributed by atoms with E-state index in [1.165, 1.54) is 20.2 Å². The summed E-state index contributed by atoms with van der Waals surface area (Å²) in [4.78, 5) is 22.1. The van der Waals surface area contributed by atoms with Crippen molar-refractivity contribution in [3.05, 3.63) is 83.2 Å². The van der Waals surface area contributed by atoms with Crippen molar-refractivity contribution in [2.75, 3.05) is 26.7 Å². The number of nitrogens with zero attached hydrogens (tertiary/aromatic N) is 5. The van der Waals surface area contributed by atoms with Crippen LogP contribution in [-0.4, -0.2) is 74.3 Å². The molecule has 4 aromatic rings. The number of carbonyl (C=O) groups excluding carboxylic acids is 1. The second kappa shape index (κ2) is 11.1. The largest absolute Gasteiger partial charge is 0.497 e. The van der Waals surface area contributed by atoms with E-state index >= 15 is 0 Å². The van der Waals surface area contributed by atoms with Gasteiger partial charge in [-0.3, -0.25) is 9.69 Å². The maximum Gasteiger partial charge on any atom is 0.433 e. The summed E-state index contributed by atoms with van der Waals surface area (Å²) < 4.78 is 48.8. The van der Waals surface area contributed by atoms with Crippen molar-refractivity contribution >= 4 is 11.6 Å². The van der Waals surface area contributed by atoms with Gasteiger partial charge in [0.1, 0.15) is 11.3 Å². The van der Waals surface area contributed by atoms with Gasteiger partial charge in [0.15, 0.2) is 11.3 Å². The van der Waals surface area contributed by atoms with E-state index in [4.69, 9.17) is 4.74 Å². The summed E-state index contributed by atoms with van der Waals surface area (Å²) in [5.41, 5.74) is 0.324. The van der Waals surface area contributed by atoms with Gasteiger partial charge in [-0.25, -0.2) is 9.50 Å². The molecule has 1 fully saturated rings. The van der Waals surface area contributed by atoms with Crippen LogP contribution in [0.2, 0.25) is 0 Å². The number of benzene rings is 2. The highest BCUT2D eigenvalue weighted by molar-refractivity contribution is 6.00. The Morgan fingerprint density at radius 1 is 1.10 bits per heavy atom. The quantitative estimate of drug-likeness (QED) is 0.353. The minimum Gasteiger partial charge on any atom is -0.497 e. The number of amides is 1. The average molecular weight is 568 g/mol. The van der Waals surface area contributed by atoms with Crippen molar-refractivity contribution in [1.29, 1.82) is 0 Å². The van der Waals surface area contributed by atoms with Gasteiger partial charge < -0.3 is 14.7 Å². The first-order valence-electron chi connectivity index (χ1n) is 13.4. The van der Waals surface area contributed by atoms with Gasteiger partial charge in [-0.05, 0) is 50.6 Å². The fraction of sp³-hybridized carbons (Fsp3) is 0.367. The van der Waals surface area contributed by atoms with Crippen LogP contribution in [0.3, 0.4) is 0 Å². The minimum absolute atomic E-state index is 0.000646. The van der Waals surface area contributed by atoms with Crippen LogP contribution in [0.25, 0.3) is 16.9 Å². The number of rotatable bonds is 6. The first kappa shape index (κ1) is 28.6. The number of halogens is 3. The second-order valence-electron chi connectivity index (χ2n) is 10.4. The summed E-state index contributed by atoms with van der Waals surface area (Å²) in [6, 6.07) is 15.7. The first-order valence-corrected chi connectivity index (χ1v) is 13.4. The molecule has 1 aliphatic rings. The molecule has 5 rings (SSSR count). The fourth-order valence-corrected chi connectivity index (χ4v) is 5.73. The highest BCUT2D eigenvalue weighted by Gasteiger charge is 2.40. The Morgan fingerprint density at radius 3 is 2.37 bits per heavy atom. The molecular weight excluding hydrogens is 535 g/mol. The normalized spacial score (nSPS) is 18.0. The van der Waals surface area contributed by atoms with Crippen molar-refractivity contribution < 1.29 is 27.8 Å². The number of ether oxygens (including phenoxy) is 1. The molecule has 0 radical (unpaired) electrons. The number of aliphatic hydroxyl groups is 1. The molecule has 3 heterocycles. The van der Waals surface area contributed by atoms with E-state index in [2.05, 4.69) is 15.0 Å². The van der Waals surface area contributed by atoms with Gasteiger partial charge in [-0.15, -0.1) is 0 Å². The molecule has 11 heteroatoms. The molecule has 0 aliphatic carbocycles. The Labute approximate surface area is 236 Å². The van der Waals surface area contributed by atoms with Gasteiger partial charge >= 0.3 is 6.18 Å². The summed E-state index contributed by atoms with van der Waals surface area (Å²) in [7, 11) is 1.50. The van der Waals surface area contributed by atoms with E-state index in [9.17, 15) is 23.1 Å². The number of carbonyl (C=O) groups is 1. The summed E-state index contributed by atoms with van der Waals surface area (Å²) in [5, 5.41) is 14.5. The van der Waals surface area contributed by atoms with Crippen molar-refractivity contribution in [1.82, 2.24) is 24.4 Å². The van der Waals surface area contributed by atoms with Crippen LogP contribution < -0.4 is 4.74 Å². The Morgan fingerprint density at radius 2 is 1.78 bits per heavy atom. The van der Waals surface area contributed by atoms with E-state index in [0.717, 1.165) is 10.1 Å². The van der Waals surface area contributed by atoms with Gasteiger partial charge in [0.25, 0.3) is 5.91 Å². The topological polar surface area (TPSA) is 83.2 Å². The molecule has 216 valence electrons. The summed E-state index contributed by atoms with van der Waals surface area (Å²) in [5.74, 6) is 0.118. The van der Waals surface area contributed by atoms with Crippen LogP contribution in [0.4, 0.5) is 13.2 Å². The smallest absolute Gasteiger partial charge is 0.433 e. The predicted octanol–water partition coefficient (Wildman–Crippen LogP) is 5.00. The molecule has 0 saturated carbocycles. The van der Waals surface area contributed by atoms with E-state index in [1.54, 1.807) is 36.1 Å². The molecule has 8 nitrogen and oxygen atoms in total. The van der Waals surface area contributed by atoms with Crippen LogP contribution in [-0.2, 0) is 6.18 Å². The zero-order chi connectivity index (χ0) is 29.5. The molecule has 1 N–H and O–H groups in total. The number of aromatic nitrogens is 3. The predicted molar refractivity (Wildman–Crippen MR) is 148 cm³/mol. The molecule has 1 saturated heterocycles. The van der Waals surface area contributed by atoms with E-state index < -0.39 is 23.9 Å². The Hall–Kier alpha value is -3.96. The molecule has 41 heavy (non-hydrogen) atoms. The minimum atomic E-state index is -4.73. The number of hydrogen-bond donors (Lipinski definition) is 1. The second-order valence-corrected chi connectivity index (χ2v) is 10.4. The highest BCUT2D eigenvalue weighted by atomic mass is 19.4. The Kier molecular flexibility index (Phi) is 7.76. The molecule has 3 atom stereocenters. The molecular formula is C30H32F3N5O3. The summed E-state index contributed by atoms with van der Waals surface area (Å²) in [6.07, 6.45) is -4.21.